The van der Waals surface area contributed by atoms with E-state index in [1.54, 1.807) is 0 Å². The molecule has 3 nitrogen and oxygen atoms in total. The SMILES string of the molecule is CCCN(Cc1ccccc1)C(=O)CC(N)c1ccccc1. The largest absolute Gasteiger partial charge is 0.338 e. The second-order valence-electron chi connectivity index (χ2n) is 5.52. The molecule has 1 unspecified atom stereocenters. The summed E-state index contributed by atoms with van der Waals surface area (Å²) in [6.07, 6.45) is 1.29. The van der Waals surface area contributed by atoms with Gasteiger partial charge in [-0.15, -0.1) is 0 Å². The molecule has 0 heterocycles. The molecule has 1 amide bonds. The molecular weight excluding hydrogens is 272 g/mol. The lowest BCUT2D eigenvalue weighted by atomic mass is 10.0. The van der Waals surface area contributed by atoms with Crippen LogP contribution in [0.4, 0.5) is 0 Å². The van der Waals surface area contributed by atoms with Gasteiger partial charge in [-0.05, 0) is 17.5 Å². The first-order valence-corrected chi connectivity index (χ1v) is 7.83. The van der Waals surface area contributed by atoms with Gasteiger partial charge in [-0.3, -0.25) is 4.79 Å². The molecule has 2 aromatic rings. The Morgan fingerprint density at radius 2 is 1.64 bits per heavy atom. The Balaban J connectivity index is 2.00. The summed E-state index contributed by atoms with van der Waals surface area (Å²) in [7, 11) is 0. The molecule has 0 aliphatic heterocycles. The number of hydrogen-bond acceptors (Lipinski definition) is 2. The van der Waals surface area contributed by atoms with Gasteiger partial charge >= 0.3 is 0 Å². The van der Waals surface area contributed by atoms with Crippen LogP contribution < -0.4 is 5.73 Å². The quantitative estimate of drug-likeness (QED) is 0.850. The van der Waals surface area contributed by atoms with Crippen LogP contribution in [0.5, 0.6) is 0 Å². The summed E-state index contributed by atoms with van der Waals surface area (Å²) < 4.78 is 0. The van der Waals surface area contributed by atoms with E-state index in [-0.39, 0.29) is 11.9 Å². The third-order valence-electron chi connectivity index (χ3n) is 3.68. The number of hydrogen-bond donors (Lipinski definition) is 1. The first kappa shape index (κ1) is 16.2. The van der Waals surface area contributed by atoms with Gasteiger partial charge in [0.1, 0.15) is 0 Å². The molecule has 0 aliphatic rings. The first-order chi connectivity index (χ1) is 10.7. The van der Waals surface area contributed by atoms with Crippen LogP contribution in [0.15, 0.2) is 60.7 Å². The van der Waals surface area contributed by atoms with Crippen LogP contribution in [0.3, 0.4) is 0 Å². The summed E-state index contributed by atoms with van der Waals surface area (Å²) in [5, 5.41) is 0. The van der Waals surface area contributed by atoms with Crippen LogP contribution in [0.25, 0.3) is 0 Å². The Bertz CT molecular complexity index is 569. The highest BCUT2D eigenvalue weighted by molar-refractivity contribution is 5.77. The molecule has 0 aromatic heterocycles. The molecule has 2 rings (SSSR count). The minimum Gasteiger partial charge on any atom is -0.338 e. The Morgan fingerprint density at radius 1 is 1.05 bits per heavy atom. The van der Waals surface area contributed by atoms with Gasteiger partial charge < -0.3 is 10.6 Å². The fourth-order valence-electron chi connectivity index (χ4n) is 2.50. The molecule has 0 spiro atoms. The van der Waals surface area contributed by atoms with Crippen LogP contribution in [-0.2, 0) is 11.3 Å². The van der Waals surface area contributed by atoms with Crippen molar-refractivity contribution < 1.29 is 4.79 Å². The zero-order chi connectivity index (χ0) is 15.8. The smallest absolute Gasteiger partial charge is 0.224 e. The van der Waals surface area contributed by atoms with Gasteiger partial charge in [0, 0.05) is 25.6 Å². The molecule has 0 saturated carbocycles. The Labute approximate surface area is 132 Å². The van der Waals surface area contributed by atoms with Crippen molar-refractivity contribution in [1.29, 1.82) is 0 Å². The van der Waals surface area contributed by atoms with E-state index in [1.165, 1.54) is 0 Å². The van der Waals surface area contributed by atoms with Gasteiger partial charge in [0.2, 0.25) is 5.91 Å². The highest BCUT2D eigenvalue weighted by atomic mass is 16.2. The lowest BCUT2D eigenvalue weighted by Crippen LogP contribution is -2.33. The molecule has 116 valence electrons. The van der Waals surface area contributed by atoms with Crippen molar-refractivity contribution >= 4 is 5.91 Å². The van der Waals surface area contributed by atoms with Gasteiger partial charge in [0.25, 0.3) is 0 Å². The minimum atomic E-state index is -0.246. The van der Waals surface area contributed by atoms with Crippen molar-refractivity contribution in [2.45, 2.75) is 32.4 Å². The number of nitrogens with zero attached hydrogens (tertiary/aromatic N) is 1. The predicted molar refractivity (Wildman–Crippen MR) is 90.1 cm³/mol. The molecule has 3 heteroatoms. The van der Waals surface area contributed by atoms with Crippen LogP contribution in [0, 0.1) is 0 Å². The normalized spacial score (nSPS) is 11.9. The number of rotatable bonds is 7. The van der Waals surface area contributed by atoms with E-state index in [4.69, 9.17) is 5.73 Å². The number of carbonyl (C=O) groups is 1. The number of benzene rings is 2. The highest BCUT2D eigenvalue weighted by Gasteiger charge is 2.17. The third kappa shape index (κ3) is 4.71. The van der Waals surface area contributed by atoms with Gasteiger partial charge in [-0.25, -0.2) is 0 Å². The molecule has 2 N–H and O–H groups in total. The molecule has 1 atom stereocenters. The van der Waals surface area contributed by atoms with E-state index in [0.29, 0.717) is 13.0 Å². The van der Waals surface area contributed by atoms with Crippen molar-refractivity contribution in [1.82, 2.24) is 4.90 Å². The van der Waals surface area contributed by atoms with Crippen molar-refractivity contribution in [3.63, 3.8) is 0 Å². The number of nitrogens with two attached hydrogens (primary N) is 1. The molecule has 0 fully saturated rings. The second-order valence-corrected chi connectivity index (χ2v) is 5.52. The molecule has 0 aliphatic carbocycles. The molecule has 2 aromatic carbocycles. The van der Waals surface area contributed by atoms with Crippen LogP contribution >= 0.6 is 0 Å². The Morgan fingerprint density at radius 3 is 2.23 bits per heavy atom. The number of amides is 1. The molecule has 0 bridgehead atoms. The molecular formula is C19H24N2O. The van der Waals surface area contributed by atoms with Crippen molar-refractivity contribution in [3.05, 3.63) is 71.8 Å². The average molecular weight is 296 g/mol. The second kappa shape index (κ2) is 8.35. The lowest BCUT2D eigenvalue weighted by Gasteiger charge is -2.24. The molecule has 0 radical (unpaired) electrons. The molecule has 22 heavy (non-hydrogen) atoms. The monoisotopic (exact) mass is 296 g/mol. The van der Waals surface area contributed by atoms with E-state index < -0.39 is 0 Å². The maximum atomic E-state index is 12.6. The Hall–Kier alpha value is -2.13. The van der Waals surface area contributed by atoms with E-state index in [0.717, 1.165) is 24.1 Å². The maximum absolute atomic E-state index is 12.6. The van der Waals surface area contributed by atoms with Crippen LogP contribution in [-0.4, -0.2) is 17.4 Å². The third-order valence-corrected chi connectivity index (χ3v) is 3.68. The van der Waals surface area contributed by atoms with E-state index in [9.17, 15) is 4.79 Å². The van der Waals surface area contributed by atoms with Gasteiger partial charge in [-0.1, -0.05) is 67.6 Å². The van der Waals surface area contributed by atoms with Crippen molar-refractivity contribution in [2.24, 2.45) is 5.73 Å². The summed E-state index contributed by atoms with van der Waals surface area (Å²) in [6, 6.07) is 19.6. The predicted octanol–water partition coefficient (Wildman–Crippen LogP) is 3.52. The summed E-state index contributed by atoms with van der Waals surface area (Å²) in [6.45, 7) is 3.49. The summed E-state index contributed by atoms with van der Waals surface area (Å²) in [4.78, 5) is 14.5. The summed E-state index contributed by atoms with van der Waals surface area (Å²) in [5.41, 5.74) is 8.33. The summed E-state index contributed by atoms with van der Waals surface area (Å²) >= 11 is 0. The van der Waals surface area contributed by atoms with E-state index in [2.05, 4.69) is 6.92 Å². The zero-order valence-corrected chi connectivity index (χ0v) is 13.1. The fraction of sp³-hybridized carbons (Fsp3) is 0.316. The minimum absolute atomic E-state index is 0.113. The lowest BCUT2D eigenvalue weighted by molar-refractivity contribution is -0.132. The highest BCUT2D eigenvalue weighted by Crippen LogP contribution is 2.16. The van der Waals surface area contributed by atoms with E-state index >= 15 is 0 Å². The number of carbonyl (C=O) groups excluding carboxylic acids is 1. The van der Waals surface area contributed by atoms with Gasteiger partial charge in [0.15, 0.2) is 0 Å². The standard InChI is InChI=1S/C19H24N2O/c1-2-13-21(15-16-9-5-3-6-10-16)19(22)14-18(20)17-11-7-4-8-12-17/h3-12,18H,2,13-15,20H2,1H3. The van der Waals surface area contributed by atoms with Crippen molar-refractivity contribution in [3.8, 4) is 0 Å². The topological polar surface area (TPSA) is 46.3 Å². The Kier molecular flexibility index (Phi) is 6.16. The summed E-state index contributed by atoms with van der Waals surface area (Å²) in [5.74, 6) is 0.113. The first-order valence-electron chi connectivity index (χ1n) is 7.83. The van der Waals surface area contributed by atoms with Crippen molar-refractivity contribution in [2.75, 3.05) is 6.54 Å². The average Bonchev–Trinajstić information content (AvgIpc) is 2.56. The van der Waals surface area contributed by atoms with Gasteiger partial charge in [0.05, 0.1) is 0 Å². The zero-order valence-electron chi connectivity index (χ0n) is 13.1. The van der Waals surface area contributed by atoms with Crippen LogP contribution in [0.2, 0.25) is 0 Å². The maximum Gasteiger partial charge on any atom is 0.224 e. The van der Waals surface area contributed by atoms with Gasteiger partial charge in [-0.2, -0.15) is 0 Å². The van der Waals surface area contributed by atoms with E-state index in [1.807, 2.05) is 65.6 Å². The fourth-order valence-corrected chi connectivity index (χ4v) is 2.50. The molecule has 0 saturated heterocycles. The van der Waals surface area contributed by atoms with Crippen LogP contribution in [0.1, 0.15) is 36.9 Å².